The molecule has 10 heteroatoms. The molecule has 5 rings (SSSR count). The lowest BCUT2D eigenvalue weighted by Gasteiger charge is -2.36. The van der Waals surface area contributed by atoms with E-state index in [1.54, 1.807) is 6.20 Å². The van der Waals surface area contributed by atoms with Crippen LogP contribution >= 0.6 is 0 Å². The molecule has 0 unspecified atom stereocenters. The molecule has 2 aliphatic heterocycles. The molecular formula is C22H23F2N7O. The molecule has 32 heavy (non-hydrogen) atoms. The average molecular weight is 439 g/mol. The van der Waals surface area contributed by atoms with Crippen molar-refractivity contribution in [3.63, 3.8) is 0 Å². The first-order chi connectivity index (χ1) is 15.7. The summed E-state index contributed by atoms with van der Waals surface area (Å²) in [6, 6.07) is 9.14. The largest absolute Gasteiger partial charge is 0.378 e. The Morgan fingerprint density at radius 2 is 1.44 bits per heavy atom. The van der Waals surface area contributed by atoms with E-state index in [-0.39, 0.29) is 11.4 Å². The van der Waals surface area contributed by atoms with E-state index in [0.29, 0.717) is 51.3 Å². The van der Waals surface area contributed by atoms with Gasteiger partial charge in [0.15, 0.2) is 5.82 Å². The zero-order valence-corrected chi connectivity index (χ0v) is 17.5. The fourth-order valence-corrected chi connectivity index (χ4v) is 3.87. The van der Waals surface area contributed by atoms with E-state index < -0.39 is 11.6 Å². The number of piperazine rings is 1. The summed E-state index contributed by atoms with van der Waals surface area (Å²) in [5, 5.41) is 0. The highest BCUT2D eigenvalue weighted by atomic mass is 19.1. The molecule has 0 aliphatic carbocycles. The lowest BCUT2D eigenvalue weighted by atomic mass is 10.2. The summed E-state index contributed by atoms with van der Waals surface area (Å²) < 4.78 is 33.8. The maximum Gasteiger partial charge on any atom is 0.230 e. The van der Waals surface area contributed by atoms with E-state index in [0.717, 1.165) is 37.1 Å². The van der Waals surface area contributed by atoms with Crippen LogP contribution in [0.1, 0.15) is 0 Å². The minimum absolute atomic E-state index is 0.0234. The van der Waals surface area contributed by atoms with Gasteiger partial charge in [0, 0.05) is 45.5 Å². The van der Waals surface area contributed by atoms with E-state index in [1.807, 2.05) is 28.0 Å². The number of anilines is 3. The van der Waals surface area contributed by atoms with Crippen LogP contribution in [-0.4, -0.2) is 72.4 Å². The van der Waals surface area contributed by atoms with E-state index >= 15 is 0 Å². The second-order valence-corrected chi connectivity index (χ2v) is 7.64. The normalized spacial score (nSPS) is 17.0. The molecule has 0 amide bonds. The Kier molecular flexibility index (Phi) is 5.76. The second-order valence-electron chi connectivity index (χ2n) is 7.64. The number of morpholine rings is 1. The summed E-state index contributed by atoms with van der Waals surface area (Å²) in [5.41, 5.74) is 0.0234. The molecule has 8 nitrogen and oxygen atoms in total. The number of rotatable bonds is 4. The maximum atomic E-state index is 14.5. The molecule has 0 radical (unpaired) electrons. The first-order valence-electron chi connectivity index (χ1n) is 10.6. The number of hydrogen-bond acceptors (Lipinski definition) is 8. The number of benzene rings is 1. The summed E-state index contributed by atoms with van der Waals surface area (Å²) >= 11 is 0. The molecule has 0 bridgehead atoms. The van der Waals surface area contributed by atoms with Crippen molar-refractivity contribution in [3.8, 4) is 11.4 Å². The van der Waals surface area contributed by atoms with Crippen molar-refractivity contribution >= 4 is 17.7 Å². The fourth-order valence-electron chi connectivity index (χ4n) is 3.87. The summed E-state index contributed by atoms with van der Waals surface area (Å²) in [4.78, 5) is 24.3. The molecule has 1 aromatic carbocycles. The van der Waals surface area contributed by atoms with Crippen LogP contribution in [0, 0.1) is 11.6 Å². The topological polar surface area (TPSA) is 70.5 Å². The Labute approximate surface area is 184 Å². The molecule has 166 valence electrons. The van der Waals surface area contributed by atoms with Crippen LogP contribution in [0.4, 0.5) is 26.5 Å². The van der Waals surface area contributed by atoms with Crippen molar-refractivity contribution in [2.24, 2.45) is 0 Å². The van der Waals surface area contributed by atoms with Gasteiger partial charge in [-0.3, -0.25) is 0 Å². The molecule has 2 fully saturated rings. The standard InChI is InChI=1S/C22H23F2N7O/c23-16-4-5-18(24)17(15-16)20-26-21(28-22(27-20)31-11-13-32-14-12-31)30-9-7-29(8-10-30)19-3-1-2-6-25-19/h1-6,15H,7-14H2. The predicted molar refractivity (Wildman–Crippen MR) is 117 cm³/mol. The molecule has 2 saturated heterocycles. The van der Waals surface area contributed by atoms with Crippen molar-refractivity contribution < 1.29 is 13.5 Å². The maximum absolute atomic E-state index is 14.5. The zero-order valence-electron chi connectivity index (χ0n) is 17.5. The number of halogens is 2. The number of aromatic nitrogens is 4. The molecule has 0 saturated carbocycles. The van der Waals surface area contributed by atoms with Gasteiger partial charge in [0.25, 0.3) is 0 Å². The Balaban J connectivity index is 1.45. The van der Waals surface area contributed by atoms with Gasteiger partial charge in [0.2, 0.25) is 11.9 Å². The van der Waals surface area contributed by atoms with E-state index in [2.05, 4.69) is 24.8 Å². The first kappa shape index (κ1) is 20.5. The van der Waals surface area contributed by atoms with Crippen molar-refractivity contribution in [1.29, 1.82) is 0 Å². The molecular weight excluding hydrogens is 416 g/mol. The third-order valence-corrected chi connectivity index (χ3v) is 5.61. The van der Waals surface area contributed by atoms with Gasteiger partial charge >= 0.3 is 0 Å². The molecule has 2 aromatic heterocycles. The van der Waals surface area contributed by atoms with Crippen molar-refractivity contribution in [2.45, 2.75) is 0 Å². The molecule has 0 spiro atoms. The van der Waals surface area contributed by atoms with Gasteiger partial charge in [-0.2, -0.15) is 15.0 Å². The highest BCUT2D eigenvalue weighted by molar-refractivity contribution is 5.60. The highest BCUT2D eigenvalue weighted by Gasteiger charge is 2.24. The van der Waals surface area contributed by atoms with Crippen molar-refractivity contribution in [2.75, 3.05) is 67.2 Å². The van der Waals surface area contributed by atoms with E-state index in [1.165, 1.54) is 0 Å². The van der Waals surface area contributed by atoms with Crippen LogP contribution < -0.4 is 14.7 Å². The van der Waals surface area contributed by atoms with Gasteiger partial charge in [0.05, 0.1) is 18.8 Å². The third kappa shape index (κ3) is 4.31. The van der Waals surface area contributed by atoms with Crippen LogP contribution in [0.3, 0.4) is 0 Å². The molecule has 4 heterocycles. The van der Waals surface area contributed by atoms with E-state index in [4.69, 9.17) is 4.74 Å². The minimum Gasteiger partial charge on any atom is -0.378 e. The van der Waals surface area contributed by atoms with Crippen LogP contribution in [0.2, 0.25) is 0 Å². The number of ether oxygens (including phenoxy) is 1. The Hall–Kier alpha value is -3.40. The van der Waals surface area contributed by atoms with Gasteiger partial charge in [-0.05, 0) is 30.3 Å². The summed E-state index contributed by atoms with van der Waals surface area (Å²) in [7, 11) is 0. The average Bonchev–Trinajstić information content (AvgIpc) is 2.86. The lowest BCUT2D eigenvalue weighted by Crippen LogP contribution is -2.47. The smallest absolute Gasteiger partial charge is 0.230 e. The summed E-state index contributed by atoms with van der Waals surface area (Å²) in [6.07, 6.45) is 1.78. The Morgan fingerprint density at radius 1 is 0.750 bits per heavy atom. The minimum atomic E-state index is -0.573. The van der Waals surface area contributed by atoms with Crippen LogP contribution in [0.5, 0.6) is 0 Å². The Bertz CT molecular complexity index is 1070. The molecule has 3 aromatic rings. The molecule has 0 atom stereocenters. The number of pyridine rings is 1. The third-order valence-electron chi connectivity index (χ3n) is 5.61. The van der Waals surface area contributed by atoms with Crippen LogP contribution in [0.15, 0.2) is 42.6 Å². The van der Waals surface area contributed by atoms with E-state index in [9.17, 15) is 8.78 Å². The van der Waals surface area contributed by atoms with Gasteiger partial charge in [0.1, 0.15) is 17.5 Å². The van der Waals surface area contributed by atoms with Crippen molar-refractivity contribution in [1.82, 2.24) is 19.9 Å². The van der Waals surface area contributed by atoms with Gasteiger partial charge < -0.3 is 19.4 Å². The molecule has 2 aliphatic rings. The molecule has 0 N–H and O–H groups in total. The second kappa shape index (κ2) is 8.99. The van der Waals surface area contributed by atoms with Gasteiger partial charge in [-0.1, -0.05) is 6.07 Å². The quantitative estimate of drug-likeness (QED) is 0.614. The van der Waals surface area contributed by atoms with Crippen LogP contribution in [0.25, 0.3) is 11.4 Å². The number of nitrogens with zero attached hydrogens (tertiary/aromatic N) is 7. The lowest BCUT2D eigenvalue weighted by molar-refractivity contribution is 0.122. The van der Waals surface area contributed by atoms with Crippen LogP contribution in [-0.2, 0) is 4.74 Å². The zero-order chi connectivity index (χ0) is 21.9. The van der Waals surface area contributed by atoms with Gasteiger partial charge in [-0.15, -0.1) is 0 Å². The van der Waals surface area contributed by atoms with Gasteiger partial charge in [-0.25, -0.2) is 13.8 Å². The SMILES string of the molecule is Fc1ccc(F)c(-c2nc(N3CCOCC3)nc(N3CCN(c4ccccn4)CC3)n2)c1. The summed E-state index contributed by atoms with van der Waals surface area (Å²) in [6.45, 7) is 5.23. The van der Waals surface area contributed by atoms with Crippen molar-refractivity contribution in [3.05, 3.63) is 54.2 Å². The Morgan fingerprint density at radius 3 is 2.12 bits per heavy atom. The first-order valence-corrected chi connectivity index (χ1v) is 10.6. The fraction of sp³-hybridized carbons (Fsp3) is 0.364. The predicted octanol–water partition coefficient (Wildman–Crippen LogP) is 2.38. The summed E-state index contributed by atoms with van der Waals surface area (Å²) in [5.74, 6) is 0.849. The highest BCUT2D eigenvalue weighted by Crippen LogP contribution is 2.26. The number of hydrogen-bond donors (Lipinski definition) is 0. The monoisotopic (exact) mass is 439 g/mol.